The third kappa shape index (κ3) is 4.21. The quantitative estimate of drug-likeness (QED) is 0.455. The van der Waals surface area contributed by atoms with Gasteiger partial charge in [-0.15, -0.1) is 12.6 Å². The number of ether oxygens (including phenoxy) is 1. The maximum absolute atomic E-state index is 12.2. The number of hydrogen-bond donors (Lipinski definition) is 4. The summed E-state index contributed by atoms with van der Waals surface area (Å²) in [6.07, 6.45) is -2.90. The minimum atomic E-state index is -1.16. The average Bonchev–Trinajstić information content (AvgIpc) is 3.10. The van der Waals surface area contributed by atoms with Gasteiger partial charge in [-0.1, -0.05) is 60.7 Å². The van der Waals surface area contributed by atoms with Crippen LogP contribution in [0, 0.1) is 0 Å². The van der Waals surface area contributed by atoms with Crippen molar-refractivity contribution < 1.29 is 19.7 Å². The molecule has 3 aromatic rings. The molecule has 0 saturated carbocycles. The third-order valence-electron chi connectivity index (χ3n) is 5.40. The van der Waals surface area contributed by atoms with Crippen LogP contribution in [-0.4, -0.2) is 35.6 Å². The van der Waals surface area contributed by atoms with Crippen molar-refractivity contribution in [1.29, 1.82) is 0 Å². The second-order valence-electron chi connectivity index (χ2n) is 7.31. The Hall–Kier alpha value is -2.80. The van der Waals surface area contributed by atoms with Gasteiger partial charge in [0.1, 0.15) is 18.8 Å². The lowest BCUT2D eigenvalue weighted by Gasteiger charge is -2.19. The Labute approximate surface area is 180 Å². The van der Waals surface area contributed by atoms with E-state index in [1.54, 1.807) is 24.3 Å². The first-order chi connectivity index (χ1) is 14.5. The molecule has 2 atom stereocenters. The number of carbonyl (C=O) groups excluding carboxylic acids is 1. The van der Waals surface area contributed by atoms with E-state index < -0.39 is 18.3 Å². The molecule has 0 heterocycles. The van der Waals surface area contributed by atoms with E-state index in [4.69, 9.17) is 4.74 Å². The Morgan fingerprint density at radius 3 is 2.10 bits per heavy atom. The van der Waals surface area contributed by atoms with Crippen molar-refractivity contribution >= 4 is 18.7 Å². The number of hydrogen-bond acceptors (Lipinski definition) is 5. The van der Waals surface area contributed by atoms with Crippen LogP contribution in [0.3, 0.4) is 0 Å². The number of nitrogens with one attached hydrogen (secondary N) is 1. The molecule has 1 aliphatic rings. The van der Waals surface area contributed by atoms with Crippen molar-refractivity contribution in [2.75, 3.05) is 13.2 Å². The highest BCUT2D eigenvalue weighted by molar-refractivity contribution is 7.80. The van der Waals surface area contributed by atoms with E-state index in [-0.39, 0.29) is 19.1 Å². The van der Waals surface area contributed by atoms with Gasteiger partial charge in [0.05, 0.1) is 0 Å². The first-order valence-electron chi connectivity index (χ1n) is 9.78. The van der Waals surface area contributed by atoms with E-state index in [9.17, 15) is 15.0 Å². The lowest BCUT2D eigenvalue weighted by atomic mass is 9.98. The minimum Gasteiger partial charge on any atom is -0.449 e. The summed E-state index contributed by atoms with van der Waals surface area (Å²) in [4.78, 5) is 13.0. The van der Waals surface area contributed by atoms with E-state index in [1.165, 1.54) is 0 Å². The SMILES string of the molecule is O=C(NCC(O)C(O)c1ccc(S)cc1)OCC1c2ccccc2-c2ccccc21. The first-order valence-corrected chi connectivity index (χ1v) is 10.2. The van der Waals surface area contributed by atoms with Crippen LogP contribution in [0.25, 0.3) is 11.1 Å². The molecule has 0 bridgehead atoms. The van der Waals surface area contributed by atoms with Crippen molar-refractivity contribution in [3.05, 3.63) is 89.5 Å². The van der Waals surface area contributed by atoms with E-state index in [1.807, 2.05) is 24.3 Å². The molecule has 4 rings (SSSR count). The number of rotatable bonds is 6. The highest BCUT2D eigenvalue weighted by Crippen LogP contribution is 2.44. The number of aliphatic hydroxyl groups excluding tert-OH is 2. The van der Waals surface area contributed by atoms with Crippen molar-refractivity contribution in [2.45, 2.75) is 23.0 Å². The topological polar surface area (TPSA) is 78.8 Å². The van der Waals surface area contributed by atoms with Crippen molar-refractivity contribution in [2.24, 2.45) is 0 Å². The maximum Gasteiger partial charge on any atom is 0.407 e. The number of alkyl carbamates (subject to hydrolysis) is 1. The molecule has 1 amide bonds. The fraction of sp³-hybridized carbons (Fsp3) is 0.208. The van der Waals surface area contributed by atoms with E-state index in [0.717, 1.165) is 27.1 Å². The summed E-state index contributed by atoms with van der Waals surface area (Å²) in [6, 6.07) is 23.1. The Morgan fingerprint density at radius 2 is 1.50 bits per heavy atom. The number of fused-ring (bicyclic) bond motifs is 3. The molecule has 6 heteroatoms. The fourth-order valence-electron chi connectivity index (χ4n) is 3.84. The van der Waals surface area contributed by atoms with E-state index >= 15 is 0 Å². The molecular formula is C24H23NO4S. The van der Waals surface area contributed by atoms with Gasteiger partial charge in [-0.25, -0.2) is 4.79 Å². The van der Waals surface area contributed by atoms with Crippen LogP contribution < -0.4 is 5.32 Å². The predicted octanol–water partition coefficient (Wildman–Crippen LogP) is 3.91. The Bertz CT molecular complexity index is 992. The van der Waals surface area contributed by atoms with Gasteiger partial charge in [0.2, 0.25) is 0 Å². The molecule has 3 aromatic carbocycles. The zero-order valence-electron chi connectivity index (χ0n) is 16.2. The lowest BCUT2D eigenvalue weighted by molar-refractivity contribution is 0.0185. The monoisotopic (exact) mass is 421 g/mol. The molecule has 154 valence electrons. The van der Waals surface area contributed by atoms with Crippen LogP contribution in [0.5, 0.6) is 0 Å². The van der Waals surface area contributed by atoms with Crippen LogP contribution in [0.15, 0.2) is 77.7 Å². The highest BCUT2D eigenvalue weighted by atomic mass is 32.1. The number of aliphatic hydroxyl groups is 2. The predicted molar refractivity (Wildman–Crippen MR) is 118 cm³/mol. The maximum atomic E-state index is 12.2. The largest absolute Gasteiger partial charge is 0.449 e. The third-order valence-corrected chi connectivity index (χ3v) is 5.70. The number of carbonyl (C=O) groups is 1. The smallest absolute Gasteiger partial charge is 0.407 e. The van der Waals surface area contributed by atoms with Crippen LogP contribution in [0.1, 0.15) is 28.7 Å². The van der Waals surface area contributed by atoms with Gasteiger partial charge < -0.3 is 20.3 Å². The minimum absolute atomic E-state index is 0.0292. The Balaban J connectivity index is 1.33. The summed E-state index contributed by atoms with van der Waals surface area (Å²) in [7, 11) is 0. The fourth-order valence-corrected chi connectivity index (χ4v) is 3.99. The Morgan fingerprint density at radius 1 is 0.933 bits per heavy atom. The zero-order valence-corrected chi connectivity index (χ0v) is 17.1. The standard InChI is InChI=1S/C24H23NO4S/c26-22(23(27)15-9-11-16(30)12-10-15)13-25-24(28)29-14-21-19-7-3-1-5-17(19)18-6-2-4-8-20(18)21/h1-12,21-23,26-27,30H,13-14H2,(H,25,28). The van der Waals surface area contributed by atoms with Gasteiger partial charge in [-0.3, -0.25) is 0 Å². The van der Waals surface area contributed by atoms with Gasteiger partial charge in [0.25, 0.3) is 0 Å². The molecule has 5 nitrogen and oxygen atoms in total. The normalized spacial score (nSPS) is 14.5. The summed E-state index contributed by atoms with van der Waals surface area (Å²) >= 11 is 4.20. The first kappa shape index (κ1) is 20.5. The van der Waals surface area contributed by atoms with Crippen LogP contribution in [0.2, 0.25) is 0 Å². The molecule has 0 aliphatic heterocycles. The second kappa shape index (κ2) is 8.92. The van der Waals surface area contributed by atoms with Crippen LogP contribution in [-0.2, 0) is 4.74 Å². The average molecular weight is 422 g/mol. The molecule has 0 fully saturated rings. The van der Waals surface area contributed by atoms with Crippen molar-refractivity contribution in [3.63, 3.8) is 0 Å². The number of amides is 1. The molecule has 3 N–H and O–H groups in total. The molecule has 2 unspecified atom stereocenters. The molecule has 0 spiro atoms. The van der Waals surface area contributed by atoms with Gasteiger partial charge in [0.15, 0.2) is 0 Å². The summed E-state index contributed by atoms with van der Waals surface area (Å²) in [5.41, 5.74) is 5.14. The van der Waals surface area contributed by atoms with E-state index in [2.05, 4.69) is 42.2 Å². The zero-order chi connectivity index (χ0) is 21.1. The van der Waals surface area contributed by atoms with Crippen molar-refractivity contribution in [3.8, 4) is 11.1 Å². The molecule has 0 saturated heterocycles. The second-order valence-corrected chi connectivity index (χ2v) is 7.83. The number of benzene rings is 3. The summed E-state index contributed by atoms with van der Waals surface area (Å²) in [6.45, 7) is 0.0718. The van der Waals surface area contributed by atoms with E-state index in [0.29, 0.717) is 5.56 Å². The number of thiol groups is 1. The lowest BCUT2D eigenvalue weighted by Crippen LogP contribution is -2.36. The summed E-state index contributed by atoms with van der Waals surface area (Å²) in [5, 5.41) is 23.0. The van der Waals surface area contributed by atoms with Gasteiger partial charge in [-0.05, 0) is 39.9 Å². The molecule has 30 heavy (non-hydrogen) atoms. The summed E-state index contributed by atoms with van der Waals surface area (Å²) in [5.74, 6) is -0.0292. The molecule has 0 aromatic heterocycles. The Kier molecular flexibility index (Phi) is 6.08. The molecular weight excluding hydrogens is 398 g/mol. The van der Waals surface area contributed by atoms with Crippen LogP contribution >= 0.6 is 12.6 Å². The van der Waals surface area contributed by atoms with Crippen molar-refractivity contribution in [1.82, 2.24) is 5.32 Å². The molecule has 0 radical (unpaired) electrons. The molecule has 1 aliphatic carbocycles. The van der Waals surface area contributed by atoms with Gasteiger partial charge >= 0.3 is 6.09 Å². The summed E-state index contributed by atoms with van der Waals surface area (Å²) < 4.78 is 5.44. The van der Waals surface area contributed by atoms with Crippen LogP contribution in [0.4, 0.5) is 4.79 Å². The highest BCUT2D eigenvalue weighted by Gasteiger charge is 2.29. The van der Waals surface area contributed by atoms with Gasteiger partial charge in [0, 0.05) is 17.4 Å². The van der Waals surface area contributed by atoms with Gasteiger partial charge in [-0.2, -0.15) is 0 Å².